The molecule has 0 saturated heterocycles. The Morgan fingerprint density at radius 2 is 0.849 bits per heavy atom. The van der Waals surface area contributed by atoms with Crippen LogP contribution in [-0.2, 0) is 28.7 Å². The highest BCUT2D eigenvalue weighted by Crippen LogP contribution is 2.16. The van der Waals surface area contributed by atoms with E-state index in [1.807, 2.05) is 0 Å². The summed E-state index contributed by atoms with van der Waals surface area (Å²) in [5, 5.41) is 20.6. The van der Waals surface area contributed by atoms with Gasteiger partial charge in [0.05, 0.1) is 13.0 Å². The highest BCUT2D eigenvalue weighted by molar-refractivity contribution is 5.84. The number of hydrogen-bond donors (Lipinski definition) is 4. The van der Waals surface area contributed by atoms with Gasteiger partial charge < -0.3 is 25.1 Å². The number of ether oxygens (including phenoxy) is 2. The molecule has 312 valence electrons. The fourth-order valence-electron chi connectivity index (χ4n) is 6.59. The summed E-state index contributed by atoms with van der Waals surface area (Å²) in [6.07, 6.45) is 36.3. The van der Waals surface area contributed by atoms with E-state index in [4.69, 9.17) is 19.8 Å². The second-order valence-electron chi connectivity index (χ2n) is 15.2. The Balaban J connectivity index is 4.23. The predicted molar refractivity (Wildman–Crippen MR) is 214 cm³/mol. The van der Waals surface area contributed by atoms with Crippen molar-refractivity contribution in [3.05, 3.63) is 0 Å². The predicted octanol–water partition coefficient (Wildman–Crippen LogP) is 10.9. The number of aliphatic carboxylic acids is 1. The maximum absolute atomic E-state index is 12.6. The molecule has 0 fully saturated rings. The van der Waals surface area contributed by atoms with E-state index >= 15 is 0 Å². The Morgan fingerprint density at radius 3 is 1.19 bits per heavy atom. The second kappa shape index (κ2) is 39.5. The summed E-state index contributed by atoms with van der Waals surface area (Å²) in [6, 6.07) is -1.46. The van der Waals surface area contributed by atoms with Crippen molar-refractivity contribution in [3.63, 3.8) is 0 Å². The van der Waals surface area contributed by atoms with Gasteiger partial charge in [-0.15, -0.1) is 0 Å². The summed E-state index contributed by atoms with van der Waals surface area (Å²) in [6.45, 7) is 4.18. The topological polar surface area (TPSA) is 151 Å². The smallest absolute Gasteiger partial charge is 0.323 e. The first-order chi connectivity index (χ1) is 25.8. The third-order valence-electron chi connectivity index (χ3n) is 10.1. The second-order valence-corrected chi connectivity index (χ2v) is 15.2. The first kappa shape index (κ1) is 50.8. The molecule has 53 heavy (non-hydrogen) atoms. The molecule has 0 rings (SSSR count). The summed E-state index contributed by atoms with van der Waals surface area (Å²) < 4.78 is 11.0. The molecule has 2 atom stereocenters. The first-order valence-electron chi connectivity index (χ1n) is 22.1. The number of carboxylic acid groups (broad SMARTS) is 1. The zero-order valence-corrected chi connectivity index (χ0v) is 34.2. The van der Waals surface area contributed by atoms with Gasteiger partial charge in [-0.05, 0) is 12.8 Å². The molecule has 0 aliphatic carbocycles. The van der Waals surface area contributed by atoms with Crippen molar-refractivity contribution < 1.29 is 39.0 Å². The zero-order chi connectivity index (χ0) is 39.0. The summed E-state index contributed by atoms with van der Waals surface area (Å²) in [4.78, 5) is 48.5. The average molecular weight is 755 g/mol. The summed E-state index contributed by atoms with van der Waals surface area (Å²) >= 11 is 0. The van der Waals surface area contributed by atoms with Gasteiger partial charge in [0.2, 0.25) is 5.91 Å². The van der Waals surface area contributed by atoms with Crippen LogP contribution in [0.2, 0.25) is 0 Å². The fraction of sp³-hybridized carbons (Fsp3) is 0.907. The number of carboxylic acids is 1. The van der Waals surface area contributed by atoms with Crippen LogP contribution in [0.15, 0.2) is 0 Å². The average Bonchev–Trinajstić information content (AvgIpc) is 3.14. The number of nitrogens with one attached hydrogen (secondary N) is 2. The Kier molecular flexibility index (Phi) is 37.9. The van der Waals surface area contributed by atoms with E-state index in [0.717, 1.165) is 38.5 Å². The Labute approximate surface area is 324 Å². The van der Waals surface area contributed by atoms with Crippen molar-refractivity contribution in [1.29, 1.82) is 0 Å². The molecule has 0 aromatic rings. The van der Waals surface area contributed by atoms with Gasteiger partial charge in [-0.1, -0.05) is 194 Å². The van der Waals surface area contributed by atoms with E-state index in [0.29, 0.717) is 6.42 Å². The van der Waals surface area contributed by atoms with Crippen molar-refractivity contribution in [3.8, 4) is 0 Å². The third kappa shape index (κ3) is 36.5. The minimum absolute atomic E-state index is 0.132. The zero-order valence-electron chi connectivity index (χ0n) is 34.2. The molecule has 0 aromatic carbocycles. The maximum Gasteiger partial charge on any atom is 0.323 e. The Hall–Kier alpha value is -2.20. The van der Waals surface area contributed by atoms with Gasteiger partial charge in [0.25, 0.3) is 0 Å². The molecule has 0 bridgehead atoms. The van der Waals surface area contributed by atoms with Crippen LogP contribution in [0.4, 0.5) is 0 Å². The van der Waals surface area contributed by atoms with Crippen LogP contribution in [0.3, 0.4) is 0 Å². The number of carbonyl (C=O) groups is 4. The van der Waals surface area contributed by atoms with Crippen molar-refractivity contribution in [2.45, 2.75) is 238 Å². The standard InChI is InChI=1S/C43H82N2O8/c1-3-5-7-9-11-13-15-17-19-21-23-25-27-29-31-33-41(47)52-37-38(36-44-40(46)35-39(45-51)43(49)50)53-42(48)34-32-30-28-26-24-22-20-18-16-14-12-10-8-6-4-2/h38-39,45,51H,3-37H2,1-2H3,(H,44,46)(H,49,50). The molecule has 1 amide bonds. The molecule has 4 N–H and O–H groups in total. The molecule has 2 unspecified atom stereocenters. The maximum atomic E-state index is 12.6. The summed E-state index contributed by atoms with van der Waals surface area (Å²) in [7, 11) is 0. The van der Waals surface area contributed by atoms with Gasteiger partial charge in [0.15, 0.2) is 6.10 Å². The Bertz CT molecular complexity index is 871. The normalized spacial score (nSPS) is 12.4. The highest BCUT2D eigenvalue weighted by Gasteiger charge is 2.22. The fourth-order valence-corrected chi connectivity index (χ4v) is 6.59. The first-order valence-corrected chi connectivity index (χ1v) is 22.1. The lowest BCUT2D eigenvalue weighted by Crippen LogP contribution is -2.43. The molecule has 0 radical (unpaired) electrons. The van der Waals surface area contributed by atoms with Gasteiger partial charge >= 0.3 is 17.9 Å². The monoisotopic (exact) mass is 755 g/mol. The van der Waals surface area contributed by atoms with Crippen LogP contribution in [0, 0.1) is 0 Å². The molecule has 0 heterocycles. The van der Waals surface area contributed by atoms with E-state index in [1.165, 1.54) is 148 Å². The van der Waals surface area contributed by atoms with Crippen molar-refractivity contribution >= 4 is 23.8 Å². The highest BCUT2D eigenvalue weighted by atomic mass is 16.6. The molecule has 0 aliphatic rings. The molecule has 10 heteroatoms. The van der Waals surface area contributed by atoms with Crippen LogP contribution in [-0.4, -0.2) is 59.4 Å². The number of hydroxylamine groups is 1. The van der Waals surface area contributed by atoms with Crippen LogP contribution in [0.25, 0.3) is 0 Å². The molecule has 10 nitrogen and oxygen atoms in total. The van der Waals surface area contributed by atoms with Gasteiger partial charge in [0.1, 0.15) is 12.6 Å². The molecular weight excluding hydrogens is 672 g/mol. The van der Waals surface area contributed by atoms with E-state index in [1.54, 1.807) is 5.48 Å². The van der Waals surface area contributed by atoms with Gasteiger partial charge in [-0.25, -0.2) is 0 Å². The summed E-state index contributed by atoms with van der Waals surface area (Å²) in [5.74, 6) is -2.81. The quantitative estimate of drug-likeness (QED) is 0.0271. The van der Waals surface area contributed by atoms with Crippen molar-refractivity contribution in [2.75, 3.05) is 13.2 Å². The van der Waals surface area contributed by atoms with Crippen molar-refractivity contribution in [2.24, 2.45) is 0 Å². The summed E-state index contributed by atoms with van der Waals surface area (Å²) in [5.41, 5.74) is 1.59. The van der Waals surface area contributed by atoms with E-state index in [9.17, 15) is 19.2 Å². The molecular formula is C43H82N2O8. The number of amides is 1. The van der Waals surface area contributed by atoms with E-state index in [2.05, 4.69) is 19.2 Å². The lowest BCUT2D eigenvalue weighted by Gasteiger charge is -2.19. The van der Waals surface area contributed by atoms with Crippen LogP contribution in [0.1, 0.15) is 226 Å². The van der Waals surface area contributed by atoms with Crippen LogP contribution >= 0.6 is 0 Å². The minimum Gasteiger partial charge on any atom is -0.480 e. The third-order valence-corrected chi connectivity index (χ3v) is 10.1. The van der Waals surface area contributed by atoms with E-state index in [-0.39, 0.29) is 32.0 Å². The number of rotatable bonds is 41. The number of unbranched alkanes of at least 4 members (excludes halogenated alkanes) is 28. The lowest BCUT2D eigenvalue weighted by atomic mass is 10.0. The number of esters is 2. The van der Waals surface area contributed by atoms with Gasteiger partial charge in [-0.3, -0.25) is 19.2 Å². The largest absolute Gasteiger partial charge is 0.480 e. The van der Waals surface area contributed by atoms with Crippen LogP contribution < -0.4 is 10.8 Å². The number of carbonyl (C=O) groups excluding carboxylic acids is 3. The van der Waals surface area contributed by atoms with Crippen LogP contribution in [0.5, 0.6) is 0 Å². The molecule has 0 spiro atoms. The van der Waals surface area contributed by atoms with Gasteiger partial charge in [-0.2, -0.15) is 5.48 Å². The minimum atomic E-state index is -1.46. The number of hydrogen-bond acceptors (Lipinski definition) is 8. The SMILES string of the molecule is CCCCCCCCCCCCCCCCCC(=O)OCC(CNC(=O)CC(NO)C(=O)O)OC(=O)CCCCCCCCCCCCCCCCC. The molecule has 0 saturated carbocycles. The lowest BCUT2D eigenvalue weighted by molar-refractivity contribution is -0.159. The van der Waals surface area contributed by atoms with Gasteiger partial charge in [0, 0.05) is 12.8 Å². The Morgan fingerprint density at radius 1 is 0.509 bits per heavy atom. The van der Waals surface area contributed by atoms with E-state index < -0.39 is 36.4 Å². The molecule has 0 aromatic heterocycles. The molecule has 0 aliphatic heterocycles. The van der Waals surface area contributed by atoms with Crippen molar-refractivity contribution in [1.82, 2.24) is 10.8 Å².